The average Bonchev–Trinajstić information content (AvgIpc) is 3.00. The predicted octanol–water partition coefficient (Wildman–Crippen LogP) is 3.62. The second kappa shape index (κ2) is 7.28. The third kappa shape index (κ3) is 3.78. The average molecular weight is 289 g/mol. The van der Waals surface area contributed by atoms with E-state index in [-0.39, 0.29) is 0 Å². The highest BCUT2D eigenvalue weighted by Gasteiger charge is 2.22. The van der Waals surface area contributed by atoms with Crippen LogP contribution in [0.15, 0.2) is 18.2 Å². The van der Waals surface area contributed by atoms with Gasteiger partial charge in [-0.1, -0.05) is 19.1 Å². The monoisotopic (exact) mass is 289 g/mol. The first-order valence-electron chi connectivity index (χ1n) is 8.47. The van der Waals surface area contributed by atoms with Crippen molar-refractivity contribution in [3.8, 4) is 5.75 Å². The summed E-state index contributed by atoms with van der Waals surface area (Å²) in [5, 5.41) is 3.70. The first kappa shape index (κ1) is 14.9. The lowest BCUT2D eigenvalue weighted by Gasteiger charge is -2.28. The number of fused-ring (bicyclic) bond motifs is 1. The van der Waals surface area contributed by atoms with E-state index >= 15 is 0 Å². The van der Waals surface area contributed by atoms with Crippen LogP contribution in [0.2, 0.25) is 0 Å². The molecule has 1 N–H and O–H groups in total. The number of ether oxygens (including phenoxy) is 2. The van der Waals surface area contributed by atoms with Gasteiger partial charge >= 0.3 is 0 Å². The zero-order valence-corrected chi connectivity index (χ0v) is 13.1. The van der Waals surface area contributed by atoms with Crippen molar-refractivity contribution in [3.63, 3.8) is 0 Å². The molecular formula is C18H27NO2. The molecule has 0 aromatic heterocycles. The Morgan fingerprint density at radius 1 is 1.29 bits per heavy atom. The summed E-state index contributed by atoms with van der Waals surface area (Å²) in [6, 6.07) is 7.10. The van der Waals surface area contributed by atoms with Crippen LogP contribution in [0.25, 0.3) is 0 Å². The van der Waals surface area contributed by atoms with Crippen molar-refractivity contribution < 1.29 is 9.47 Å². The third-order valence-electron chi connectivity index (χ3n) is 4.53. The van der Waals surface area contributed by atoms with Crippen LogP contribution in [0, 0.1) is 0 Å². The summed E-state index contributed by atoms with van der Waals surface area (Å²) in [4.78, 5) is 0. The summed E-state index contributed by atoms with van der Waals surface area (Å²) in [5.41, 5.74) is 2.75. The molecule has 1 fully saturated rings. The van der Waals surface area contributed by atoms with Crippen LogP contribution in [0.5, 0.6) is 5.75 Å². The fraction of sp³-hybridized carbons (Fsp3) is 0.667. The molecule has 0 aliphatic carbocycles. The van der Waals surface area contributed by atoms with Gasteiger partial charge < -0.3 is 14.8 Å². The Morgan fingerprint density at radius 3 is 3.05 bits per heavy atom. The van der Waals surface area contributed by atoms with Crippen molar-refractivity contribution >= 4 is 0 Å². The van der Waals surface area contributed by atoms with Crippen LogP contribution in [-0.4, -0.2) is 25.9 Å². The maximum absolute atomic E-state index is 5.94. The van der Waals surface area contributed by atoms with Crippen molar-refractivity contribution in [2.24, 2.45) is 0 Å². The van der Waals surface area contributed by atoms with E-state index in [1.165, 1.54) is 30.4 Å². The van der Waals surface area contributed by atoms with E-state index in [0.717, 1.165) is 44.8 Å². The van der Waals surface area contributed by atoms with Crippen molar-refractivity contribution in [2.45, 2.75) is 57.6 Å². The molecule has 3 heteroatoms. The molecule has 2 unspecified atom stereocenters. The van der Waals surface area contributed by atoms with Gasteiger partial charge in [-0.25, -0.2) is 0 Å². The van der Waals surface area contributed by atoms with Gasteiger partial charge in [-0.15, -0.1) is 0 Å². The molecule has 1 saturated heterocycles. The van der Waals surface area contributed by atoms with Crippen molar-refractivity contribution in [1.29, 1.82) is 0 Å². The van der Waals surface area contributed by atoms with Gasteiger partial charge in [0.25, 0.3) is 0 Å². The number of nitrogens with one attached hydrogen (secondary N) is 1. The van der Waals surface area contributed by atoms with E-state index in [2.05, 4.69) is 30.4 Å². The second-order valence-corrected chi connectivity index (χ2v) is 6.20. The molecule has 3 nitrogen and oxygen atoms in total. The summed E-state index contributed by atoms with van der Waals surface area (Å²) in [6.45, 7) is 5.05. The van der Waals surface area contributed by atoms with E-state index in [1.807, 2.05) is 0 Å². The lowest BCUT2D eigenvalue weighted by Crippen LogP contribution is -2.29. The molecule has 1 aromatic rings. The van der Waals surface area contributed by atoms with Crippen molar-refractivity contribution in [1.82, 2.24) is 5.32 Å². The minimum atomic E-state index is 0.402. The fourth-order valence-electron chi connectivity index (χ4n) is 3.34. The summed E-state index contributed by atoms with van der Waals surface area (Å²) in [5.74, 6) is 1.07. The van der Waals surface area contributed by atoms with Gasteiger partial charge in [0.1, 0.15) is 5.75 Å². The summed E-state index contributed by atoms with van der Waals surface area (Å²) < 4.78 is 11.6. The quantitative estimate of drug-likeness (QED) is 0.867. The molecule has 2 heterocycles. The number of rotatable bonds is 6. The molecule has 2 atom stereocenters. The van der Waals surface area contributed by atoms with Crippen molar-refractivity contribution in [3.05, 3.63) is 29.3 Å². The first-order chi connectivity index (χ1) is 10.4. The number of hydrogen-bond donors (Lipinski definition) is 1. The van der Waals surface area contributed by atoms with Gasteiger partial charge in [0.05, 0.1) is 12.7 Å². The summed E-state index contributed by atoms with van der Waals surface area (Å²) in [7, 11) is 0. The fourth-order valence-corrected chi connectivity index (χ4v) is 3.34. The van der Waals surface area contributed by atoms with Crippen LogP contribution in [0.4, 0.5) is 0 Å². The Kier molecular flexibility index (Phi) is 5.15. The Bertz CT molecular complexity index is 455. The topological polar surface area (TPSA) is 30.5 Å². The molecule has 0 amide bonds. The van der Waals surface area contributed by atoms with E-state index in [9.17, 15) is 0 Å². The molecule has 1 aromatic carbocycles. The molecule has 0 radical (unpaired) electrons. The Hall–Kier alpha value is -1.06. The van der Waals surface area contributed by atoms with Crippen molar-refractivity contribution in [2.75, 3.05) is 19.8 Å². The van der Waals surface area contributed by atoms with Gasteiger partial charge in [0, 0.05) is 19.1 Å². The Morgan fingerprint density at radius 2 is 2.24 bits per heavy atom. The highest BCUT2D eigenvalue weighted by Crippen LogP contribution is 2.31. The predicted molar refractivity (Wildman–Crippen MR) is 84.9 cm³/mol. The minimum absolute atomic E-state index is 0.402. The molecule has 0 spiro atoms. The largest absolute Gasteiger partial charge is 0.493 e. The highest BCUT2D eigenvalue weighted by molar-refractivity contribution is 5.40. The molecule has 2 aliphatic heterocycles. The highest BCUT2D eigenvalue weighted by atomic mass is 16.5. The normalized spacial score (nSPS) is 22.6. The van der Waals surface area contributed by atoms with Crippen LogP contribution in [0.1, 0.15) is 56.2 Å². The van der Waals surface area contributed by atoms with Gasteiger partial charge in [0.15, 0.2) is 0 Å². The summed E-state index contributed by atoms with van der Waals surface area (Å²) in [6.07, 6.45) is 7.44. The van der Waals surface area contributed by atoms with Crippen LogP contribution >= 0.6 is 0 Å². The van der Waals surface area contributed by atoms with Gasteiger partial charge in [-0.2, -0.15) is 0 Å². The molecule has 2 aliphatic rings. The first-order valence-corrected chi connectivity index (χ1v) is 8.47. The number of benzene rings is 1. The maximum Gasteiger partial charge on any atom is 0.122 e. The zero-order valence-electron chi connectivity index (χ0n) is 13.1. The maximum atomic E-state index is 5.94. The van der Waals surface area contributed by atoms with Gasteiger partial charge in [-0.3, -0.25) is 0 Å². The third-order valence-corrected chi connectivity index (χ3v) is 4.53. The summed E-state index contributed by atoms with van der Waals surface area (Å²) >= 11 is 0. The zero-order chi connectivity index (χ0) is 14.5. The van der Waals surface area contributed by atoms with Crippen LogP contribution in [0.3, 0.4) is 0 Å². The Labute approximate surface area is 128 Å². The molecule has 0 bridgehead atoms. The Balaban J connectivity index is 1.71. The second-order valence-electron chi connectivity index (χ2n) is 6.20. The standard InChI is InChI=1S/C18H27NO2/c1-2-9-19-17(13-16-5-3-4-10-20-16)14-6-7-18-15(12-14)8-11-21-18/h6-7,12,16-17,19H,2-5,8-11,13H2,1H3. The van der Waals surface area contributed by atoms with E-state index in [0.29, 0.717) is 12.1 Å². The molecular weight excluding hydrogens is 262 g/mol. The van der Waals surface area contributed by atoms with E-state index in [4.69, 9.17) is 9.47 Å². The molecule has 21 heavy (non-hydrogen) atoms. The van der Waals surface area contributed by atoms with E-state index < -0.39 is 0 Å². The van der Waals surface area contributed by atoms with Gasteiger partial charge in [-0.05, 0) is 55.8 Å². The number of hydrogen-bond acceptors (Lipinski definition) is 3. The van der Waals surface area contributed by atoms with E-state index in [1.54, 1.807) is 0 Å². The molecule has 116 valence electrons. The SMILES string of the molecule is CCCNC(CC1CCCCO1)c1ccc2c(c1)CCO2. The molecule has 3 rings (SSSR count). The molecule has 0 saturated carbocycles. The smallest absolute Gasteiger partial charge is 0.122 e. The lowest BCUT2D eigenvalue weighted by molar-refractivity contribution is 0.00504. The van der Waals surface area contributed by atoms with Crippen LogP contribution in [-0.2, 0) is 11.2 Å². The van der Waals surface area contributed by atoms with Crippen LogP contribution < -0.4 is 10.1 Å². The minimum Gasteiger partial charge on any atom is -0.493 e. The lowest BCUT2D eigenvalue weighted by atomic mass is 9.95. The van der Waals surface area contributed by atoms with Gasteiger partial charge in [0.2, 0.25) is 0 Å².